The molecule has 33 heavy (non-hydrogen) atoms. The second kappa shape index (κ2) is 10.0. The van der Waals surface area contributed by atoms with Crippen molar-refractivity contribution in [1.29, 1.82) is 0 Å². The maximum Gasteiger partial charge on any atom is 0.303 e. The molecule has 3 rings (SSSR count). The molecule has 6 nitrogen and oxygen atoms in total. The molecule has 0 radical (unpaired) electrons. The van der Waals surface area contributed by atoms with Crippen LogP contribution in [0.15, 0.2) is 48.7 Å². The number of aromatic nitrogens is 1. The zero-order valence-electron chi connectivity index (χ0n) is 19.7. The number of aryl methyl sites for hydroxylation is 1. The van der Waals surface area contributed by atoms with E-state index in [4.69, 9.17) is 9.84 Å². The van der Waals surface area contributed by atoms with Crippen molar-refractivity contribution in [3.8, 4) is 5.75 Å². The molecule has 1 heterocycles. The smallest absolute Gasteiger partial charge is 0.303 e. The van der Waals surface area contributed by atoms with E-state index in [1.165, 1.54) is 0 Å². The van der Waals surface area contributed by atoms with Crippen molar-refractivity contribution in [1.82, 2.24) is 4.57 Å². The van der Waals surface area contributed by atoms with Crippen LogP contribution in [0.1, 0.15) is 61.5 Å². The van der Waals surface area contributed by atoms with Gasteiger partial charge in [0, 0.05) is 40.6 Å². The van der Waals surface area contributed by atoms with E-state index in [0.29, 0.717) is 23.3 Å². The maximum absolute atomic E-state index is 13.4. The Bertz CT molecular complexity index is 1170. The van der Waals surface area contributed by atoms with E-state index < -0.39 is 11.4 Å². The number of fused-ring (bicyclic) bond motifs is 1. The van der Waals surface area contributed by atoms with E-state index in [2.05, 4.69) is 0 Å². The highest BCUT2D eigenvalue weighted by atomic mass is 16.5. The van der Waals surface area contributed by atoms with Crippen LogP contribution in [0.4, 0.5) is 0 Å². The van der Waals surface area contributed by atoms with Gasteiger partial charge in [0.2, 0.25) is 0 Å². The molecule has 6 heteroatoms. The minimum absolute atomic E-state index is 0.0773. The lowest BCUT2D eigenvalue weighted by atomic mass is 9.91. The van der Waals surface area contributed by atoms with Gasteiger partial charge in [-0.15, -0.1) is 0 Å². The number of rotatable bonds is 10. The van der Waals surface area contributed by atoms with Crippen molar-refractivity contribution in [2.75, 3.05) is 7.11 Å². The van der Waals surface area contributed by atoms with Crippen LogP contribution in [-0.4, -0.2) is 34.3 Å². The molecule has 0 aliphatic rings. The van der Waals surface area contributed by atoms with Gasteiger partial charge in [0.25, 0.3) is 0 Å². The zero-order valence-corrected chi connectivity index (χ0v) is 19.7. The van der Waals surface area contributed by atoms with Gasteiger partial charge in [0.1, 0.15) is 5.75 Å². The largest absolute Gasteiger partial charge is 0.497 e. The quantitative estimate of drug-likeness (QED) is 0.336. The third-order valence-corrected chi connectivity index (χ3v) is 5.81. The fraction of sp³-hybridized carbons (Fsp3) is 0.370. The van der Waals surface area contributed by atoms with Gasteiger partial charge >= 0.3 is 5.97 Å². The molecule has 0 saturated heterocycles. The number of methoxy groups -OCH3 is 1. The summed E-state index contributed by atoms with van der Waals surface area (Å²) in [5.41, 5.74) is 2.48. The molecule has 0 amide bonds. The van der Waals surface area contributed by atoms with Crippen LogP contribution in [0.25, 0.3) is 10.9 Å². The lowest BCUT2D eigenvalue weighted by Gasteiger charge is -2.17. The second-order valence-electron chi connectivity index (χ2n) is 9.35. The van der Waals surface area contributed by atoms with Crippen LogP contribution in [0, 0.1) is 5.41 Å². The van der Waals surface area contributed by atoms with Crippen molar-refractivity contribution in [3.63, 3.8) is 0 Å². The average Bonchev–Trinajstić information content (AvgIpc) is 3.13. The normalized spacial score (nSPS) is 11.5. The molecule has 2 aromatic carbocycles. The number of ketones is 2. The molecule has 1 aromatic heterocycles. The molecular weight excluding hydrogens is 418 g/mol. The Morgan fingerprint density at radius 2 is 1.70 bits per heavy atom. The van der Waals surface area contributed by atoms with Crippen molar-refractivity contribution in [2.45, 2.75) is 53.0 Å². The molecule has 0 unspecified atom stereocenters. The van der Waals surface area contributed by atoms with Crippen molar-refractivity contribution >= 4 is 28.4 Å². The number of nitrogens with zero attached hydrogens (tertiary/aromatic N) is 1. The summed E-state index contributed by atoms with van der Waals surface area (Å²) in [5, 5.41) is 9.52. The number of carbonyl (C=O) groups is 3. The van der Waals surface area contributed by atoms with Gasteiger partial charge in [-0.2, -0.15) is 0 Å². The molecular formula is C27H31NO5. The number of unbranched alkanes of at least 4 members (excludes halogenated alkanes) is 1. The van der Waals surface area contributed by atoms with Crippen LogP contribution in [0.5, 0.6) is 5.75 Å². The number of Topliss-reactive ketones (excluding diaryl/α,β-unsaturated/α-hetero) is 1. The molecule has 0 fully saturated rings. The highest BCUT2D eigenvalue weighted by molar-refractivity contribution is 6.16. The summed E-state index contributed by atoms with van der Waals surface area (Å²) in [6.07, 6.45) is 4.12. The number of hydrogen-bond donors (Lipinski definition) is 1. The van der Waals surface area contributed by atoms with Crippen LogP contribution in [-0.2, 0) is 22.6 Å². The van der Waals surface area contributed by atoms with Crippen molar-refractivity contribution in [2.24, 2.45) is 5.41 Å². The predicted molar refractivity (Wildman–Crippen MR) is 128 cm³/mol. The average molecular weight is 450 g/mol. The van der Waals surface area contributed by atoms with E-state index in [1.807, 2.05) is 67.8 Å². The third-order valence-electron chi connectivity index (χ3n) is 5.81. The lowest BCUT2D eigenvalue weighted by molar-refractivity contribution is -0.137. The van der Waals surface area contributed by atoms with Crippen LogP contribution >= 0.6 is 0 Å². The minimum Gasteiger partial charge on any atom is -0.497 e. The Labute approximate surface area is 194 Å². The van der Waals surface area contributed by atoms with Gasteiger partial charge in [-0.3, -0.25) is 14.4 Å². The molecule has 0 saturated carbocycles. The molecule has 0 spiro atoms. The van der Waals surface area contributed by atoms with E-state index in [9.17, 15) is 14.4 Å². The summed E-state index contributed by atoms with van der Waals surface area (Å²) in [5.74, 6) is -0.147. The van der Waals surface area contributed by atoms with Gasteiger partial charge in [-0.1, -0.05) is 45.0 Å². The topological polar surface area (TPSA) is 85.6 Å². The standard InChI is InChI=1S/C27H31NO5/c1-27(2,3)24(29)17-28-16-22(21-14-13-20(33-4)15-23(21)28)26(32)19-11-9-18(10-12-19)7-5-6-8-25(30)31/h9-16H,5-8,17H2,1-4H3,(H,30,31). The molecule has 0 aliphatic heterocycles. The summed E-state index contributed by atoms with van der Waals surface area (Å²) < 4.78 is 7.18. The third kappa shape index (κ3) is 5.89. The summed E-state index contributed by atoms with van der Waals surface area (Å²) in [7, 11) is 1.59. The molecule has 0 aliphatic carbocycles. The Hall–Kier alpha value is -3.41. The SMILES string of the molecule is COc1ccc2c(C(=O)c3ccc(CCCCC(=O)O)cc3)cn(CC(=O)C(C)(C)C)c2c1. The zero-order chi connectivity index (χ0) is 24.2. The maximum atomic E-state index is 13.4. The Morgan fingerprint density at radius 1 is 1.00 bits per heavy atom. The summed E-state index contributed by atoms with van der Waals surface area (Å²) >= 11 is 0. The van der Waals surface area contributed by atoms with Crippen LogP contribution < -0.4 is 4.74 Å². The molecule has 0 bridgehead atoms. The first-order valence-corrected chi connectivity index (χ1v) is 11.2. The first-order chi connectivity index (χ1) is 15.6. The first kappa shape index (κ1) is 24.2. The minimum atomic E-state index is -0.781. The van der Waals surface area contributed by atoms with E-state index in [0.717, 1.165) is 29.3 Å². The lowest BCUT2D eigenvalue weighted by Crippen LogP contribution is -2.24. The Balaban J connectivity index is 1.87. The Kier molecular flexibility index (Phi) is 7.36. The highest BCUT2D eigenvalue weighted by Crippen LogP contribution is 2.29. The van der Waals surface area contributed by atoms with Gasteiger partial charge < -0.3 is 14.4 Å². The summed E-state index contributed by atoms with van der Waals surface area (Å²) in [6, 6.07) is 13.0. The first-order valence-electron chi connectivity index (χ1n) is 11.2. The van der Waals surface area contributed by atoms with Gasteiger partial charge in [-0.25, -0.2) is 0 Å². The molecule has 174 valence electrons. The van der Waals surface area contributed by atoms with Crippen LogP contribution in [0.3, 0.4) is 0 Å². The van der Waals surface area contributed by atoms with Gasteiger partial charge in [0.15, 0.2) is 11.6 Å². The predicted octanol–water partition coefficient (Wildman–Crippen LogP) is 5.29. The number of benzene rings is 2. The number of carboxylic acids is 1. The molecule has 1 N–H and O–H groups in total. The number of aliphatic carboxylic acids is 1. The summed E-state index contributed by atoms with van der Waals surface area (Å²) in [4.78, 5) is 36.7. The van der Waals surface area contributed by atoms with Crippen LogP contribution in [0.2, 0.25) is 0 Å². The van der Waals surface area contributed by atoms with Crippen molar-refractivity contribution in [3.05, 3.63) is 65.4 Å². The van der Waals surface area contributed by atoms with Gasteiger partial charge in [-0.05, 0) is 37.0 Å². The van der Waals surface area contributed by atoms with E-state index in [1.54, 1.807) is 13.3 Å². The highest BCUT2D eigenvalue weighted by Gasteiger charge is 2.24. The van der Waals surface area contributed by atoms with Gasteiger partial charge in [0.05, 0.1) is 19.2 Å². The van der Waals surface area contributed by atoms with E-state index in [-0.39, 0.29) is 24.5 Å². The molecule has 3 aromatic rings. The monoisotopic (exact) mass is 449 g/mol. The van der Waals surface area contributed by atoms with Crippen molar-refractivity contribution < 1.29 is 24.2 Å². The number of carboxylic acid groups (broad SMARTS) is 1. The number of hydrogen-bond acceptors (Lipinski definition) is 4. The second-order valence-corrected chi connectivity index (χ2v) is 9.35. The molecule has 0 atom stereocenters. The number of ether oxygens (including phenoxy) is 1. The summed E-state index contributed by atoms with van der Waals surface area (Å²) in [6.45, 7) is 5.83. The fourth-order valence-electron chi connectivity index (χ4n) is 3.69. The Morgan fingerprint density at radius 3 is 2.30 bits per heavy atom. The fourth-order valence-corrected chi connectivity index (χ4v) is 3.69. The number of carbonyl (C=O) groups excluding carboxylic acids is 2. The van der Waals surface area contributed by atoms with E-state index >= 15 is 0 Å².